The van der Waals surface area contributed by atoms with E-state index in [9.17, 15) is 4.79 Å². The van der Waals surface area contributed by atoms with E-state index in [0.29, 0.717) is 12.1 Å². The summed E-state index contributed by atoms with van der Waals surface area (Å²) in [5.74, 6) is 0.773. The number of carbonyl (C=O) groups excluding carboxylic acids is 1. The molecule has 0 bridgehead atoms. The van der Waals surface area contributed by atoms with Gasteiger partial charge in [-0.3, -0.25) is 9.78 Å². The summed E-state index contributed by atoms with van der Waals surface area (Å²) in [5.41, 5.74) is 2.61. The Balaban J connectivity index is 1.89. The Labute approximate surface area is 137 Å². The minimum atomic E-state index is -0.0872. The molecule has 5 heteroatoms. The molecule has 1 amide bonds. The fourth-order valence-electron chi connectivity index (χ4n) is 2.18. The summed E-state index contributed by atoms with van der Waals surface area (Å²) in [4.78, 5) is 16.1. The van der Waals surface area contributed by atoms with E-state index in [2.05, 4.69) is 21.7 Å². The Bertz CT molecular complexity index is 644. The van der Waals surface area contributed by atoms with E-state index in [-0.39, 0.29) is 5.91 Å². The summed E-state index contributed by atoms with van der Waals surface area (Å²) in [5, 5.41) is 6.15. The molecule has 0 atom stereocenters. The highest BCUT2D eigenvalue weighted by molar-refractivity contribution is 5.94. The van der Waals surface area contributed by atoms with Gasteiger partial charge in [0.2, 0.25) is 0 Å². The zero-order chi connectivity index (χ0) is 16.5. The molecule has 0 spiro atoms. The van der Waals surface area contributed by atoms with Crippen molar-refractivity contribution in [3.05, 3.63) is 53.9 Å². The lowest BCUT2D eigenvalue weighted by Crippen LogP contribution is -2.24. The van der Waals surface area contributed by atoms with Crippen LogP contribution in [0.4, 0.5) is 5.69 Å². The van der Waals surface area contributed by atoms with Crippen LogP contribution < -0.4 is 15.4 Å². The largest absolute Gasteiger partial charge is 0.497 e. The lowest BCUT2D eigenvalue weighted by Gasteiger charge is -2.09. The minimum absolute atomic E-state index is 0.0872. The highest BCUT2D eigenvalue weighted by atomic mass is 16.5. The minimum Gasteiger partial charge on any atom is -0.497 e. The van der Waals surface area contributed by atoms with Crippen molar-refractivity contribution in [3.63, 3.8) is 0 Å². The predicted octanol–water partition coefficient (Wildman–Crippen LogP) is 2.88. The number of carbonyl (C=O) groups is 1. The second-order valence-corrected chi connectivity index (χ2v) is 5.25. The van der Waals surface area contributed by atoms with Crippen LogP contribution in [0, 0.1) is 0 Å². The second kappa shape index (κ2) is 8.78. The van der Waals surface area contributed by atoms with E-state index in [4.69, 9.17) is 4.74 Å². The summed E-state index contributed by atoms with van der Waals surface area (Å²) in [6.07, 6.45) is 5.08. The first kappa shape index (κ1) is 16.8. The molecule has 0 aliphatic carbocycles. The van der Waals surface area contributed by atoms with Crippen LogP contribution in [0.1, 0.15) is 29.3 Å². The van der Waals surface area contributed by atoms with Crippen molar-refractivity contribution in [2.45, 2.75) is 19.8 Å². The summed E-state index contributed by atoms with van der Waals surface area (Å²) in [7, 11) is 1.66. The zero-order valence-corrected chi connectivity index (χ0v) is 13.6. The van der Waals surface area contributed by atoms with Crippen molar-refractivity contribution >= 4 is 11.6 Å². The molecule has 0 aliphatic heterocycles. The van der Waals surface area contributed by atoms with Crippen molar-refractivity contribution in [2.75, 3.05) is 25.5 Å². The third kappa shape index (κ3) is 5.29. The van der Waals surface area contributed by atoms with Crippen LogP contribution >= 0.6 is 0 Å². The van der Waals surface area contributed by atoms with Gasteiger partial charge in [-0.05, 0) is 36.6 Å². The molecular weight excluding hydrogens is 290 g/mol. The first-order valence-corrected chi connectivity index (χ1v) is 7.83. The Morgan fingerprint density at radius 2 is 2.09 bits per heavy atom. The van der Waals surface area contributed by atoms with Crippen molar-refractivity contribution in [1.29, 1.82) is 0 Å². The fraction of sp³-hybridized carbons (Fsp3) is 0.333. The smallest absolute Gasteiger partial charge is 0.252 e. The average molecular weight is 313 g/mol. The molecule has 0 radical (unpaired) electrons. The van der Waals surface area contributed by atoms with E-state index in [1.807, 2.05) is 31.2 Å². The van der Waals surface area contributed by atoms with Crippen LogP contribution in [-0.2, 0) is 6.42 Å². The molecule has 2 N–H and O–H groups in total. The van der Waals surface area contributed by atoms with E-state index in [1.54, 1.807) is 19.5 Å². The fourth-order valence-corrected chi connectivity index (χ4v) is 2.18. The maximum Gasteiger partial charge on any atom is 0.252 e. The topological polar surface area (TPSA) is 63.2 Å². The number of nitrogens with one attached hydrogen (secondary N) is 2. The van der Waals surface area contributed by atoms with Gasteiger partial charge in [0.05, 0.1) is 18.4 Å². The Kier molecular flexibility index (Phi) is 6.41. The van der Waals surface area contributed by atoms with Gasteiger partial charge in [0.25, 0.3) is 5.91 Å². The van der Waals surface area contributed by atoms with Crippen LogP contribution in [0.25, 0.3) is 0 Å². The molecule has 2 rings (SSSR count). The number of rotatable bonds is 8. The molecule has 1 aromatic carbocycles. The van der Waals surface area contributed by atoms with Gasteiger partial charge in [-0.15, -0.1) is 0 Å². The number of hydrogen-bond donors (Lipinski definition) is 2. The normalized spacial score (nSPS) is 10.2. The first-order valence-electron chi connectivity index (χ1n) is 7.83. The maximum absolute atomic E-state index is 11.9. The van der Waals surface area contributed by atoms with Gasteiger partial charge in [0, 0.05) is 25.5 Å². The molecular formula is C18H23N3O2. The van der Waals surface area contributed by atoms with Crippen LogP contribution in [0.3, 0.4) is 0 Å². The number of anilines is 1. The molecule has 0 aliphatic rings. The monoisotopic (exact) mass is 313 g/mol. The van der Waals surface area contributed by atoms with Crippen LogP contribution in [-0.4, -0.2) is 31.1 Å². The third-order valence-electron chi connectivity index (χ3n) is 3.41. The number of amides is 1. The van der Waals surface area contributed by atoms with Gasteiger partial charge in [-0.1, -0.05) is 19.1 Å². The van der Waals surface area contributed by atoms with Crippen molar-refractivity contribution in [3.8, 4) is 5.75 Å². The number of ether oxygens (including phenoxy) is 1. The van der Waals surface area contributed by atoms with Crippen LogP contribution in [0.15, 0.2) is 42.7 Å². The van der Waals surface area contributed by atoms with E-state index in [0.717, 1.165) is 30.8 Å². The van der Waals surface area contributed by atoms with Gasteiger partial charge >= 0.3 is 0 Å². The predicted molar refractivity (Wildman–Crippen MR) is 92.0 cm³/mol. The zero-order valence-electron chi connectivity index (χ0n) is 13.6. The van der Waals surface area contributed by atoms with Crippen LogP contribution in [0.2, 0.25) is 0 Å². The highest BCUT2D eigenvalue weighted by Gasteiger charge is 2.06. The molecule has 1 heterocycles. The van der Waals surface area contributed by atoms with Gasteiger partial charge in [-0.25, -0.2) is 0 Å². The number of pyridine rings is 1. The van der Waals surface area contributed by atoms with Crippen molar-refractivity contribution in [2.24, 2.45) is 0 Å². The van der Waals surface area contributed by atoms with E-state index < -0.39 is 0 Å². The summed E-state index contributed by atoms with van der Waals surface area (Å²) >= 11 is 0. The van der Waals surface area contributed by atoms with Gasteiger partial charge in [0.1, 0.15) is 5.75 Å². The summed E-state index contributed by atoms with van der Waals surface area (Å²) in [6, 6.07) is 9.82. The molecule has 0 saturated heterocycles. The Hall–Kier alpha value is -2.56. The van der Waals surface area contributed by atoms with E-state index in [1.165, 1.54) is 5.56 Å². The van der Waals surface area contributed by atoms with Gasteiger partial charge in [0.15, 0.2) is 0 Å². The lowest BCUT2D eigenvalue weighted by molar-refractivity contribution is 0.0953. The lowest BCUT2D eigenvalue weighted by atomic mass is 10.1. The average Bonchev–Trinajstić information content (AvgIpc) is 2.60. The van der Waals surface area contributed by atoms with Crippen molar-refractivity contribution in [1.82, 2.24) is 10.3 Å². The molecule has 5 nitrogen and oxygen atoms in total. The number of methoxy groups -OCH3 is 1. The van der Waals surface area contributed by atoms with Crippen molar-refractivity contribution < 1.29 is 9.53 Å². The molecule has 122 valence electrons. The van der Waals surface area contributed by atoms with Gasteiger partial charge in [-0.2, -0.15) is 0 Å². The highest BCUT2D eigenvalue weighted by Crippen LogP contribution is 2.14. The molecule has 23 heavy (non-hydrogen) atoms. The molecule has 0 unspecified atom stereocenters. The number of hydrogen-bond acceptors (Lipinski definition) is 4. The molecule has 2 aromatic rings. The molecule has 0 saturated carbocycles. The Morgan fingerprint density at radius 3 is 2.87 bits per heavy atom. The number of benzene rings is 1. The third-order valence-corrected chi connectivity index (χ3v) is 3.41. The quantitative estimate of drug-likeness (QED) is 0.786. The molecule has 1 aromatic heterocycles. The van der Waals surface area contributed by atoms with E-state index >= 15 is 0 Å². The first-order chi connectivity index (χ1) is 11.2. The number of aromatic nitrogens is 1. The number of nitrogens with zero attached hydrogens (tertiary/aromatic N) is 1. The SMILES string of the molecule is CCCNC(=O)c1cncc(NCCc2cccc(OC)c2)c1. The summed E-state index contributed by atoms with van der Waals surface area (Å²) in [6.45, 7) is 3.45. The molecule has 0 fully saturated rings. The standard InChI is InChI=1S/C18H23N3O2/c1-3-8-21-18(22)15-11-16(13-19-12-15)20-9-7-14-5-4-6-17(10-14)23-2/h4-6,10-13,20H,3,7-9H2,1-2H3,(H,21,22). The Morgan fingerprint density at radius 1 is 1.22 bits per heavy atom. The summed E-state index contributed by atoms with van der Waals surface area (Å²) < 4.78 is 5.22. The van der Waals surface area contributed by atoms with Crippen LogP contribution in [0.5, 0.6) is 5.75 Å². The maximum atomic E-state index is 11.9. The van der Waals surface area contributed by atoms with Gasteiger partial charge < -0.3 is 15.4 Å². The second-order valence-electron chi connectivity index (χ2n) is 5.25.